The Bertz CT molecular complexity index is 629. The Morgan fingerprint density at radius 3 is 2.71 bits per heavy atom. The fraction of sp³-hybridized carbons (Fsp3) is 0.353. The fourth-order valence-corrected chi connectivity index (χ4v) is 2.72. The maximum Gasteiger partial charge on any atom is 0.251 e. The van der Waals surface area contributed by atoms with Crippen LogP contribution in [0.15, 0.2) is 40.9 Å². The Morgan fingerprint density at radius 1 is 1.24 bits per heavy atom. The molecule has 1 unspecified atom stereocenters. The van der Waals surface area contributed by atoms with Gasteiger partial charge in [-0.1, -0.05) is 35.0 Å². The van der Waals surface area contributed by atoms with Crippen LogP contribution in [0.3, 0.4) is 0 Å². The Kier molecular flexibility index (Phi) is 6.07. The van der Waals surface area contributed by atoms with Gasteiger partial charge in [-0.2, -0.15) is 0 Å². The van der Waals surface area contributed by atoms with Gasteiger partial charge in [-0.15, -0.1) is 11.6 Å². The Morgan fingerprint density at radius 2 is 1.95 bits per heavy atom. The van der Waals surface area contributed by atoms with Gasteiger partial charge in [0.25, 0.3) is 5.91 Å². The number of halogens is 2. The first kappa shape index (κ1) is 16.3. The lowest BCUT2D eigenvalue weighted by molar-refractivity contribution is 0.0952. The molecule has 112 valence electrons. The van der Waals surface area contributed by atoms with Gasteiger partial charge in [-0.25, -0.2) is 0 Å². The molecule has 0 saturated heterocycles. The third kappa shape index (κ3) is 4.72. The summed E-state index contributed by atoms with van der Waals surface area (Å²) in [4.78, 5) is 12.1. The number of amides is 1. The van der Waals surface area contributed by atoms with E-state index in [1.165, 1.54) is 0 Å². The average molecular weight is 369 g/mol. The van der Waals surface area contributed by atoms with Crippen LogP contribution in [0.5, 0.6) is 0 Å². The predicted molar refractivity (Wildman–Crippen MR) is 93.1 cm³/mol. The number of alkyl halides is 1. The van der Waals surface area contributed by atoms with E-state index in [0.717, 1.165) is 28.1 Å². The number of hydrogen-bond acceptors (Lipinski definition) is 1. The largest absolute Gasteiger partial charge is 0.352 e. The van der Waals surface area contributed by atoms with E-state index in [9.17, 15) is 4.79 Å². The second-order valence-electron chi connectivity index (χ2n) is 5.36. The number of hydrogen-bond donors (Lipinski definition) is 1. The minimum atomic E-state index is -0.0154. The molecule has 21 heavy (non-hydrogen) atoms. The number of carbonyl (C=O) groups is 1. The highest BCUT2D eigenvalue weighted by atomic mass is 79.9. The molecule has 0 bridgehead atoms. The predicted octanol–water partition coefficient (Wildman–Crippen LogP) is 4.99. The summed E-state index contributed by atoms with van der Waals surface area (Å²) in [7, 11) is 0. The summed E-state index contributed by atoms with van der Waals surface area (Å²) in [6.07, 6.45) is 2.00. The van der Waals surface area contributed by atoms with Crippen molar-refractivity contribution in [1.82, 2.24) is 5.32 Å². The average Bonchev–Trinajstić information content (AvgIpc) is 2.50. The number of nitrogens with one attached hydrogen (secondary N) is 1. The van der Waals surface area contributed by atoms with E-state index in [2.05, 4.69) is 28.2 Å². The molecule has 2 rings (SSSR count). The second kappa shape index (κ2) is 7.81. The van der Waals surface area contributed by atoms with Crippen LogP contribution in [0.1, 0.15) is 30.1 Å². The molecule has 0 heterocycles. The number of rotatable bonds is 6. The molecule has 2 nitrogen and oxygen atoms in total. The summed E-state index contributed by atoms with van der Waals surface area (Å²) in [5.74, 6) is 1.16. The third-order valence-corrected chi connectivity index (χ3v) is 4.51. The van der Waals surface area contributed by atoms with Crippen molar-refractivity contribution in [3.63, 3.8) is 0 Å². The van der Waals surface area contributed by atoms with E-state index in [0.29, 0.717) is 23.9 Å². The quantitative estimate of drug-likeness (QED) is 0.565. The maximum atomic E-state index is 12.1. The van der Waals surface area contributed by atoms with Crippen molar-refractivity contribution in [3.8, 4) is 0 Å². The first-order valence-corrected chi connectivity index (χ1v) is 8.46. The van der Waals surface area contributed by atoms with E-state index in [-0.39, 0.29) is 5.91 Å². The van der Waals surface area contributed by atoms with Gasteiger partial charge in [0.1, 0.15) is 0 Å². The van der Waals surface area contributed by atoms with Crippen LogP contribution in [0.2, 0.25) is 0 Å². The maximum absolute atomic E-state index is 12.1. The molecule has 0 aliphatic carbocycles. The highest BCUT2D eigenvalue weighted by molar-refractivity contribution is 9.10. The summed E-state index contributed by atoms with van der Waals surface area (Å²) >= 11 is 9.22. The lowest BCUT2D eigenvalue weighted by Gasteiger charge is -2.09. The van der Waals surface area contributed by atoms with Crippen LogP contribution in [-0.4, -0.2) is 18.3 Å². The molecule has 1 atom stereocenters. The van der Waals surface area contributed by atoms with Gasteiger partial charge in [-0.3, -0.25) is 4.79 Å². The molecule has 2 aromatic carbocycles. The van der Waals surface area contributed by atoms with Crippen molar-refractivity contribution in [3.05, 3.63) is 46.4 Å². The van der Waals surface area contributed by atoms with Crippen LogP contribution >= 0.6 is 27.5 Å². The van der Waals surface area contributed by atoms with Gasteiger partial charge < -0.3 is 5.32 Å². The summed E-state index contributed by atoms with van der Waals surface area (Å²) in [6, 6.07) is 11.8. The zero-order valence-electron chi connectivity index (χ0n) is 12.0. The second-order valence-corrected chi connectivity index (χ2v) is 6.59. The molecule has 0 aliphatic rings. The standard InChI is InChI=1S/C17H19BrClNO/c1-12(11-19)3-2-8-20-17(21)15-5-4-14-10-16(18)7-6-13(14)9-15/h4-7,9-10,12H,2-3,8,11H2,1H3,(H,20,21). The third-order valence-electron chi connectivity index (χ3n) is 3.49. The van der Waals surface area contributed by atoms with E-state index in [1.807, 2.05) is 36.4 Å². The number of fused-ring (bicyclic) bond motifs is 1. The van der Waals surface area contributed by atoms with Crippen molar-refractivity contribution >= 4 is 44.2 Å². The lowest BCUT2D eigenvalue weighted by Crippen LogP contribution is -2.24. The molecule has 4 heteroatoms. The Hall–Kier alpha value is -1.06. The lowest BCUT2D eigenvalue weighted by atomic mass is 10.1. The minimum absolute atomic E-state index is 0.0154. The zero-order valence-corrected chi connectivity index (χ0v) is 14.4. The molecule has 0 radical (unpaired) electrons. The summed E-state index contributed by atoms with van der Waals surface area (Å²) in [6.45, 7) is 2.81. The van der Waals surface area contributed by atoms with E-state index in [4.69, 9.17) is 11.6 Å². The first-order valence-electron chi connectivity index (χ1n) is 7.13. The molecule has 0 fully saturated rings. The zero-order chi connectivity index (χ0) is 15.2. The van der Waals surface area contributed by atoms with Crippen molar-refractivity contribution < 1.29 is 4.79 Å². The van der Waals surface area contributed by atoms with Gasteiger partial charge in [0.15, 0.2) is 0 Å². The smallest absolute Gasteiger partial charge is 0.251 e. The van der Waals surface area contributed by atoms with Crippen molar-refractivity contribution in [1.29, 1.82) is 0 Å². The summed E-state index contributed by atoms with van der Waals surface area (Å²) in [5, 5.41) is 5.16. The number of benzene rings is 2. The molecular formula is C17H19BrClNO. The van der Waals surface area contributed by atoms with E-state index >= 15 is 0 Å². The van der Waals surface area contributed by atoms with Crippen molar-refractivity contribution in [2.75, 3.05) is 12.4 Å². The SMILES string of the molecule is CC(CCl)CCCNC(=O)c1ccc2cc(Br)ccc2c1. The molecule has 1 N–H and O–H groups in total. The molecule has 0 saturated carbocycles. The van der Waals surface area contributed by atoms with Crippen LogP contribution in [0.4, 0.5) is 0 Å². The molecular weight excluding hydrogens is 350 g/mol. The van der Waals surface area contributed by atoms with Crippen LogP contribution in [0.25, 0.3) is 10.8 Å². The molecule has 2 aromatic rings. The van der Waals surface area contributed by atoms with Gasteiger partial charge >= 0.3 is 0 Å². The summed E-state index contributed by atoms with van der Waals surface area (Å²) in [5.41, 5.74) is 0.704. The topological polar surface area (TPSA) is 29.1 Å². The minimum Gasteiger partial charge on any atom is -0.352 e. The van der Waals surface area contributed by atoms with Crippen molar-refractivity contribution in [2.24, 2.45) is 5.92 Å². The Labute approximate surface area is 139 Å². The van der Waals surface area contributed by atoms with Gasteiger partial charge in [0.05, 0.1) is 0 Å². The monoisotopic (exact) mass is 367 g/mol. The van der Waals surface area contributed by atoms with Gasteiger partial charge in [0, 0.05) is 22.5 Å². The molecule has 1 amide bonds. The van der Waals surface area contributed by atoms with Crippen LogP contribution < -0.4 is 5.32 Å². The van der Waals surface area contributed by atoms with Crippen molar-refractivity contribution in [2.45, 2.75) is 19.8 Å². The van der Waals surface area contributed by atoms with E-state index < -0.39 is 0 Å². The molecule has 0 aromatic heterocycles. The Balaban J connectivity index is 1.95. The molecule has 0 aliphatic heterocycles. The normalized spacial score (nSPS) is 12.3. The van der Waals surface area contributed by atoms with Gasteiger partial charge in [0.2, 0.25) is 0 Å². The summed E-state index contributed by atoms with van der Waals surface area (Å²) < 4.78 is 1.04. The highest BCUT2D eigenvalue weighted by Crippen LogP contribution is 2.21. The van der Waals surface area contributed by atoms with Crippen LogP contribution in [-0.2, 0) is 0 Å². The molecule has 0 spiro atoms. The fourth-order valence-electron chi connectivity index (χ4n) is 2.19. The van der Waals surface area contributed by atoms with Gasteiger partial charge in [-0.05, 0) is 53.8 Å². The highest BCUT2D eigenvalue weighted by Gasteiger charge is 2.06. The number of carbonyl (C=O) groups excluding carboxylic acids is 1. The van der Waals surface area contributed by atoms with Crippen LogP contribution in [0, 0.1) is 5.92 Å². The van der Waals surface area contributed by atoms with E-state index in [1.54, 1.807) is 0 Å². The first-order chi connectivity index (χ1) is 10.1.